The first-order valence-corrected chi connectivity index (χ1v) is 8.12. The maximum absolute atomic E-state index is 11.9. The zero-order chi connectivity index (χ0) is 16.2. The Bertz CT molecular complexity index is 569. The number of likely N-dealkylation sites (tertiary alicyclic amines) is 1. The van der Waals surface area contributed by atoms with Crippen LogP contribution in [0.4, 0.5) is 4.79 Å². The number of hydrogen-bond acceptors (Lipinski definition) is 3. The maximum atomic E-state index is 11.9. The molecule has 1 atom stereocenters. The van der Waals surface area contributed by atoms with E-state index in [2.05, 4.69) is 10.6 Å². The van der Waals surface area contributed by atoms with E-state index in [1.165, 1.54) is 0 Å². The smallest absolute Gasteiger partial charge is 0.315 e. The van der Waals surface area contributed by atoms with Crippen molar-refractivity contribution < 1.29 is 14.3 Å². The Morgan fingerprint density at radius 1 is 1.30 bits per heavy atom. The van der Waals surface area contributed by atoms with Crippen molar-refractivity contribution in [2.75, 3.05) is 20.2 Å². The van der Waals surface area contributed by atoms with Gasteiger partial charge in [0.25, 0.3) is 0 Å². The number of urea groups is 1. The van der Waals surface area contributed by atoms with Gasteiger partial charge in [-0.25, -0.2) is 4.79 Å². The summed E-state index contributed by atoms with van der Waals surface area (Å²) >= 11 is 0. The molecular formula is C17H23N3O3. The van der Waals surface area contributed by atoms with Crippen LogP contribution in [0.15, 0.2) is 24.3 Å². The Balaban J connectivity index is 1.37. The molecule has 0 aromatic heterocycles. The molecule has 124 valence electrons. The minimum absolute atomic E-state index is 0.0657. The van der Waals surface area contributed by atoms with Gasteiger partial charge in [0.2, 0.25) is 5.91 Å². The van der Waals surface area contributed by atoms with E-state index in [1.807, 2.05) is 29.2 Å². The monoisotopic (exact) mass is 317 g/mol. The predicted octanol–water partition coefficient (Wildman–Crippen LogP) is 1.30. The molecule has 2 N–H and O–H groups in total. The fourth-order valence-corrected chi connectivity index (χ4v) is 2.92. The molecule has 1 saturated carbocycles. The normalized spacial score (nSPS) is 20.5. The maximum Gasteiger partial charge on any atom is 0.315 e. The van der Waals surface area contributed by atoms with Crippen LogP contribution in [-0.2, 0) is 11.2 Å². The van der Waals surface area contributed by atoms with Crippen LogP contribution in [0.2, 0.25) is 0 Å². The Kier molecular flexibility index (Phi) is 4.69. The quantitative estimate of drug-likeness (QED) is 0.831. The highest BCUT2D eigenvalue weighted by Gasteiger charge is 2.39. The van der Waals surface area contributed by atoms with Gasteiger partial charge in [-0.05, 0) is 37.0 Å². The van der Waals surface area contributed by atoms with E-state index in [-0.39, 0.29) is 18.0 Å². The Morgan fingerprint density at radius 2 is 2.04 bits per heavy atom. The van der Waals surface area contributed by atoms with Crippen molar-refractivity contribution in [3.05, 3.63) is 29.8 Å². The van der Waals surface area contributed by atoms with E-state index in [4.69, 9.17) is 4.74 Å². The lowest BCUT2D eigenvalue weighted by atomic mass is 10.1. The summed E-state index contributed by atoms with van der Waals surface area (Å²) in [6.45, 7) is 1.21. The van der Waals surface area contributed by atoms with Crippen LogP contribution in [0.3, 0.4) is 0 Å². The van der Waals surface area contributed by atoms with Crippen LogP contribution in [-0.4, -0.2) is 49.1 Å². The van der Waals surface area contributed by atoms with Crippen LogP contribution in [0.1, 0.15) is 24.8 Å². The largest absolute Gasteiger partial charge is 0.497 e. The molecule has 3 amide bonds. The Labute approximate surface area is 136 Å². The third-order valence-corrected chi connectivity index (χ3v) is 4.34. The molecule has 0 bridgehead atoms. The number of methoxy groups -OCH3 is 1. The highest BCUT2D eigenvalue weighted by Crippen LogP contribution is 2.30. The van der Waals surface area contributed by atoms with E-state index < -0.39 is 0 Å². The molecular weight excluding hydrogens is 294 g/mol. The average molecular weight is 317 g/mol. The molecule has 1 aliphatic carbocycles. The fraction of sp³-hybridized carbons (Fsp3) is 0.529. The van der Waals surface area contributed by atoms with Gasteiger partial charge in [0.05, 0.1) is 13.2 Å². The van der Waals surface area contributed by atoms with Crippen molar-refractivity contribution in [3.63, 3.8) is 0 Å². The molecule has 1 aromatic carbocycles. The van der Waals surface area contributed by atoms with E-state index >= 15 is 0 Å². The molecule has 0 spiro atoms. The van der Waals surface area contributed by atoms with Crippen LogP contribution in [0.5, 0.6) is 5.75 Å². The zero-order valence-electron chi connectivity index (χ0n) is 13.4. The topological polar surface area (TPSA) is 70.7 Å². The van der Waals surface area contributed by atoms with E-state index in [9.17, 15) is 9.59 Å². The number of amides is 3. The van der Waals surface area contributed by atoms with Crippen molar-refractivity contribution >= 4 is 11.9 Å². The third kappa shape index (κ3) is 4.15. The lowest BCUT2D eigenvalue weighted by Gasteiger charge is -2.16. The number of rotatable bonds is 6. The number of carbonyl (C=O) groups excluding carboxylic acids is 2. The fourth-order valence-electron chi connectivity index (χ4n) is 2.92. The summed E-state index contributed by atoms with van der Waals surface area (Å²) in [4.78, 5) is 25.7. The van der Waals surface area contributed by atoms with E-state index in [0.29, 0.717) is 25.6 Å². The average Bonchev–Trinajstić information content (AvgIpc) is 3.32. The second-order valence-electron chi connectivity index (χ2n) is 6.18. The number of ether oxygens (including phenoxy) is 1. The van der Waals surface area contributed by atoms with Crippen LogP contribution >= 0.6 is 0 Å². The summed E-state index contributed by atoms with van der Waals surface area (Å²) in [6.07, 6.45) is 3.39. The summed E-state index contributed by atoms with van der Waals surface area (Å²) < 4.78 is 5.11. The summed E-state index contributed by atoms with van der Waals surface area (Å²) in [7, 11) is 1.64. The number of nitrogens with one attached hydrogen (secondary N) is 2. The van der Waals surface area contributed by atoms with Crippen molar-refractivity contribution in [2.24, 2.45) is 0 Å². The molecule has 2 fully saturated rings. The third-order valence-electron chi connectivity index (χ3n) is 4.34. The molecule has 6 nitrogen and oxygen atoms in total. The predicted molar refractivity (Wildman–Crippen MR) is 86.4 cm³/mol. The van der Waals surface area contributed by atoms with Gasteiger partial charge in [-0.1, -0.05) is 12.1 Å². The second kappa shape index (κ2) is 6.89. The number of carbonyl (C=O) groups is 2. The first-order chi connectivity index (χ1) is 11.2. The first kappa shape index (κ1) is 15.6. The molecule has 1 saturated heterocycles. The van der Waals surface area contributed by atoms with E-state index in [1.54, 1.807) is 7.11 Å². The summed E-state index contributed by atoms with van der Waals surface area (Å²) in [6, 6.07) is 7.95. The van der Waals surface area contributed by atoms with Crippen molar-refractivity contribution in [3.8, 4) is 5.75 Å². The second-order valence-corrected chi connectivity index (χ2v) is 6.18. The van der Waals surface area contributed by atoms with E-state index in [0.717, 1.165) is 30.6 Å². The molecule has 6 heteroatoms. The number of hydrogen-bond donors (Lipinski definition) is 2. The standard InChI is InChI=1S/C17H23N3O3/c1-23-15-6-2-12(3-7-15)8-9-18-17(22)19-13-10-16(21)20(11-13)14-4-5-14/h2-3,6-7,13-14H,4-5,8-11H2,1H3,(H2,18,19,22)/t13-/m0/s1. The molecule has 3 rings (SSSR count). The number of benzene rings is 1. The van der Waals surface area contributed by atoms with Gasteiger partial charge >= 0.3 is 6.03 Å². The highest BCUT2D eigenvalue weighted by atomic mass is 16.5. The number of nitrogens with zero attached hydrogens (tertiary/aromatic N) is 1. The van der Waals surface area contributed by atoms with Crippen molar-refractivity contribution in [1.29, 1.82) is 0 Å². The summed E-state index contributed by atoms with van der Waals surface area (Å²) in [5.41, 5.74) is 1.14. The van der Waals surface area contributed by atoms with Crippen molar-refractivity contribution in [1.82, 2.24) is 15.5 Å². The van der Waals surface area contributed by atoms with Gasteiger partial charge < -0.3 is 20.3 Å². The Hall–Kier alpha value is -2.24. The van der Waals surface area contributed by atoms with Gasteiger partial charge in [-0.15, -0.1) is 0 Å². The van der Waals surface area contributed by atoms with Crippen molar-refractivity contribution in [2.45, 2.75) is 37.8 Å². The molecule has 23 heavy (non-hydrogen) atoms. The minimum Gasteiger partial charge on any atom is -0.497 e. The lowest BCUT2D eigenvalue weighted by Crippen LogP contribution is -2.44. The van der Waals surface area contributed by atoms with Gasteiger partial charge in [0, 0.05) is 25.6 Å². The van der Waals surface area contributed by atoms with Gasteiger partial charge in [-0.3, -0.25) is 4.79 Å². The first-order valence-electron chi connectivity index (χ1n) is 8.12. The zero-order valence-corrected chi connectivity index (χ0v) is 13.4. The lowest BCUT2D eigenvalue weighted by molar-refractivity contribution is -0.128. The molecule has 0 unspecified atom stereocenters. The van der Waals surface area contributed by atoms with Gasteiger partial charge in [-0.2, -0.15) is 0 Å². The Morgan fingerprint density at radius 3 is 2.70 bits per heavy atom. The molecule has 1 heterocycles. The molecule has 1 aliphatic heterocycles. The van der Waals surface area contributed by atoms with Crippen LogP contribution in [0, 0.1) is 0 Å². The summed E-state index contributed by atoms with van der Waals surface area (Å²) in [5.74, 6) is 0.988. The van der Waals surface area contributed by atoms with Gasteiger partial charge in [0.15, 0.2) is 0 Å². The molecule has 1 aromatic rings. The molecule has 0 radical (unpaired) electrons. The highest BCUT2D eigenvalue weighted by molar-refractivity contribution is 5.82. The van der Waals surface area contributed by atoms with Crippen LogP contribution < -0.4 is 15.4 Å². The SMILES string of the molecule is COc1ccc(CCNC(=O)N[C@H]2CC(=O)N(C3CC3)C2)cc1. The molecule has 2 aliphatic rings. The summed E-state index contributed by atoms with van der Waals surface area (Å²) in [5, 5.41) is 5.74. The van der Waals surface area contributed by atoms with Gasteiger partial charge in [0.1, 0.15) is 5.75 Å². The van der Waals surface area contributed by atoms with Crippen LogP contribution in [0.25, 0.3) is 0 Å². The minimum atomic E-state index is -0.200.